The Labute approximate surface area is 138 Å². The van der Waals surface area contributed by atoms with Gasteiger partial charge in [-0.25, -0.2) is 9.78 Å². The number of halogens is 1. The fraction of sp³-hybridized carbons (Fsp3) is 0.312. The van der Waals surface area contributed by atoms with E-state index in [0.717, 1.165) is 0 Å². The fourth-order valence-electron chi connectivity index (χ4n) is 2.13. The molecular formula is C16H17ClN2O4. The lowest BCUT2D eigenvalue weighted by molar-refractivity contribution is -0.125. The summed E-state index contributed by atoms with van der Waals surface area (Å²) >= 11 is 5.92. The van der Waals surface area contributed by atoms with Crippen molar-refractivity contribution in [3.8, 4) is 0 Å². The Hall–Kier alpha value is -2.18. The standard InChI is InChI=1S/C16H17ClN2O4/c1-10(8-22-2)18-15(20)9-23-16(21)12-7-14(17)19-13-6-4-3-5-11(12)13/h3-7,10H,8-9H2,1-2H3,(H,18,20). The number of hydrogen-bond donors (Lipinski definition) is 1. The van der Waals surface area contributed by atoms with Gasteiger partial charge in [-0.3, -0.25) is 4.79 Å². The molecule has 0 aliphatic carbocycles. The predicted molar refractivity (Wildman–Crippen MR) is 86.5 cm³/mol. The second kappa shape index (κ2) is 7.89. The van der Waals surface area contributed by atoms with Crippen molar-refractivity contribution >= 4 is 34.4 Å². The van der Waals surface area contributed by atoms with Gasteiger partial charge >= 0.3 is 5.97 Å². The summed E-state index contributed by atoms with van der Waals surface area (Å²) in [6, 6.07) is 8.34. The van der Waals surface area contributed by atoms with Crippen LogP contribution < -0.4 is 5.32 Å². The molecule has 0 radical (unpaired) electrons. The van der Waals surface area contributed by atoms with Gasteiger partial charge in [0.1, 0.15) is 5.15 Å². The minimum Gasteiger partial charge on any atom is -0.452 e. The molecule has 0 bridgehead atoms. The zero-order valence-electron chi connectivity index (χ0n) is 12.8. The van der Waals surface area contributed by atoms with Crippen LogP contribution in [0.15, 0.2) is 30.3 Å². The van der Waals surface area contributed by atoms with Crippen LogP contribution in [0.2, 0.25) is 5.15 Å². The van der Waals surface area contributed by atoms with Gasteiger partial charge in [0.2, 0.25) is 0 Å². The maximum Gasteiger partial charge on any atom is 0.339 e. The molecule has 7 heteroatoms. The number of benzene rings is 1. The molecule has 23 heavy (non-hydrogen) atoms. The lowest BCUT2D eigenvalue weighted by atomic mass is 10.1. The minimum absolute atomic E-state index is 0.164. The van der Waals surface area contributed by atoms with Crippen LogP contribution in [0.25, 0.3) is 10.9 Å². The molecule has 1 aromatic heterocycles. The number of carbonyl (C=O) groups excluding carboxylic acids is 2. The molecule has 0 aliphatic rings. The van der Waals surface area contributed by atoms with Crippen LogP contribution in [-0.4, -0.2) is 43.2 Å². The van der Waals surface area contributed by atoms with Crippen LogP contribution in [0.3, 0.4) is 0 Å². The number of pyridine rings is 1. The Balaban J connectivity index is 2.05. The molecule has 0 spiro atoms. The summed E-state index contributed by atoms with van der Waals surface area (Å²) in [6.07, 6.45) is 0. The normalized spacial score (nSPS) is 12.0. The van der Waals surface area contributed by atoms with Gasteiger partial charge < -0.3 is 14.8 Å². The van der Waals surface area contributed by atoms with Crippen LogP contribution in [0.1, 0.15) is 17.3 Å². The number of esters is 1. The van der Waals surface area contributed by atoms with E-state index in [1.807, 2.05) is 0 Å². The van der Waals surface area contributed by atoms with E-state index in [4.69, 9.17) is 21.1 Å². The van der Waals surface area contributed by atoms with Crippen molar-refractivity contribution in [2.24, 2.45) is 0 Å². The van der Waals surface area contributed by atoms with Crippen molar-refractivity contribution in [2.75, 3.05) is 20.3 Å². The van der Waals surface area contributed by atoms with E-state index in [1.54, 1.807) is 38.3 Å². The van der Waals surface area contributed by atoms with Gasteiger partial charge in [0.25, 0.3) is 5.91 Å². The molecule has 0 saturated heterocycles. The number of rotatable bonds is 6. The second-order valence-corrected chi connectivity index (χ2v) is 5.40. The summed E-state index contributed by atoms with van der Waals surface area (Å²) in [5, 5.41) is 3.47. The van der Waals surface area contributed by atoms with Crippen molar-refractivity contribution in [3.05, 3.63) is 41.0 Å². The molecule has 1 N–H and O–H groups in total. The molecule has 1 unspecified atom stereocenters. The van der Waals surface area contributed by atoms with Crippen LogP contribution in [0.4, 0.5) is 0 Å². The van der Waals surface area contributed by atoms with Gasteiger partial charge in [-0.2, -0.15) is 0 Å². The minimum atomic E-state index is -0.625. The molecule has 2 aromatic rings. The molecule has 2 rings (SSSR count). The summed E-state index contributed by atoms with van der Waals surface area (Å²) in [4.78, 5) is 28.1. The van der Waals surface area contributed by atoms with E-state index in [2.05, 4.69) is 10.3 Å². The molecule has 1 aromatic carbocycles. The third kappa shape index (κ3) is 4.64. The molecule has 122 valence electrons. The Morgan fingerprint density at radius 3 is 2.83 bits per heavy atom. The number of hydrogen-bond acceptors (Lipinski definition) is 5. The molecule has 1 atom stereocenters. The average molecular weight is 337 g/mol. The van der Waals surface area contributed by atoms with Crippen molar-refractivity contribution < 1.29 is 19.1 Å². The topological polar surface area (TPSA) is 77.5 Å². The summed E-state index contributed by atoms with van der Waals surface area (Å²) < 4.78 is 9.97. The molecule has 0 fully saturated rings. The number of nitrogens with one attached hydrogen (secondary N) is 1. The Bertz CT molecular complexity index is 720. The highest BCUT2D eigenvalue weighted by atomic mass is 35.5. The highest BCUT2D eigenvalue weighted by molar-refractivity contribution is 6.30. The van der Waals surface area contributed by atoms with Gasteiger partial charge in [-0.05, 0) is 19.1 Å². The lowest BCUT2D eigenvalue weighted by Gasteiger charge is -2.13. The number of nitrogens with zero attached hydrogens (tertiary/aromatic N) is 1. The zero-order valence-corrected chi connectivity index (χ0v) is 13.6. The van der Waals surface area contributed by atoms with E-state index in [0.29, 0.717) is 17.5 Å². The van der Waals surface area contributed by atoms with Crippen LogP contribution >= 0.6 is 11.6 Å². The van der Waals surface area contributed by atoms with Gasteiger partial charge in [0.05, 0.1) is 17.7 Å². The van der Waals surface area contributed by atoms with E-state index >= 15 is 0 Å². The monoisotopic (exact) mass is 336 g/mol. The van der Waals surface area contributed by atoms with Gasteiger partial charge in [0.15, 0.2) is 6.61 Å². The highest BCUT2D eigenvalue weighted by Crippen LogP contribution is 2.21. The smallest absolute Gasteiger partial charge is 0.339 e. The van der Waals surface area contributed by atoms with Gasteiger partial charge in [0, 0.05) is 18.5 Å². The van der Waals surface area contributed by atoms with E-state index in [-0.39, 0.29) is 23.4 Å². The molecule has 0 saturated carbocycles. The Kier molecular flexibility index (Phi) is 5.90. The number of amides is 1. The Morgan fingerprint density at radius 1 is 1.35 bits per heavy atom. The lowest BCUT2D eigenvalue weighted by Crippen LogP contribution is -2.38. The summed E-state index contributed by atoms with van der Waals surface area (Å²) in [5.74, 6) is -1.02. The van der Waals surface area contributed by atoms with E-state index in [1.165, 1.54) is 6.07 Å². The maximum atomic E-state index is 12.2. The first kappa shape index (κ1) is 17.2. The van der Waals surface area contributed by atoms with E-state index < -0.39 is 11.9 Å². The predicted octanol–water partition coefficient (Wildman–Crippen LogP) is 2.20. The first-order valence-corrected chi connectivity index (χ1v) is 7.39. The number of fused-ring (bicyclic) bond motifs is 1. The molecule has 6 nitrogen and oxygen atoms in total. The summed E-state index contributed by atoms with van der Waals surface area (Å²) in [7, 11) is 1.54. The van der Waals surface area contributed by atoms with Crippen molar-refractivity contribution in [1.29, 1.82) is 0 Å². The van der Waals surface area contributed by atoms with Crippen molar-refractivity contribution in [3.63, 3.8) is 0 Å². The third-order valence-electron chi connectivity index (χ3n) is 3.06. The number of ether oxygens (including phenoxy) is 2. The van der Waals surface area contributed by atoms with Gasteiger partial charge in [-0.15, -0.1) is 0 Å². The summed E-state index contributed by atoms with van der Waals surface area (Å²) in [6.45, 7) is 1.80. The molecule has 1 amide bonds. The largest absolute Gasteiger partial charge is 0.452 e. The zero-order chi connectivity index (χ0) is 16.8. The Morgan fingerprint density at radius 2 is 2.09 bits per heavy atom. The second-order valence-electron chi connectivity index (χ2n) is 5.01. The quantitative estimate of drug-likeness (QED) is 0.646. The first-order valence-electron chi connectivity index (χ1n) is 7.02. The maximum absolute atomic E-state index is 12.2. The number of methoxy groups -OCH3 is 1. The molecule has 0 aliphatic heterocycles. The van der Waals surface area contributed by atoms with Crippen molar-refractivity contribution in [2.45, 2.75) is 13.0 Å². The van der Waals surface area contributed by atoms with Gasteiger partial charge in [-0.1, -0.05) is 29.8 Å². The average Bonchev–Trinajstić information content (AvgIpc) is 2.52. The number of para-hydroxylation sites is 1. The first-order chi connectivity index (χ1) is 11.0. The number of aromatic nitrogens is 1. The van der Waals surface area contributed by atoms with Crippen LogP contribution in [0.5, 0.6) is 0 Å². The van der Waals surface area contributed by atoms with Crippen LogP contribution in [-0.2, 0) is 14.3 Å². The third-order valence-corrected chi connectivity index (χ3v) is 3.26. The summed E-state index contributed by atoms with van der Waals surface area (Å²) in [5.41, 5.74) is 0.864. The highest BCUT2D eigenvalue weighted by Gasteiger charge is 2.16. The van der Waals surface area contributed by atoms with Crippen molar-refractivity contribution in [1.82, 2.24) is 10.3 Å². The fourth-order valence-corrected chi connectivity index (χ4v) is 2.33. The van der Waals surface area contributed by atoms with Crippen LogP contribution in [0, 0.1) is 0 Å². The SMILES string of the molecule is COCC(C)NC(=O)COC(=O)c1cc(Cl)nc2ccccc12. The van der Waals surface area contributed by atoms with E-state index in [9.17, 15) is 9.59 Å². The molecule has 1 heterocycles. The molecular weight excluding hydrogens is 320 g/mol. The number of carbonyl (C=O) groups is 2.